The molecule has 17 heavy (non-hydrogen) atoms. The summed E-state index contributed by atoms with van der Waals surface area (Å²) in [5.41, 5.74) is 0.331. The lowest BCUT2D eigenvalue weighted by Crippen LogP contribution is -2.05. The molecule has 0 atom stereocenters. The molecule has 0 fully saturated rings. The fraction of sp³-hybridized carbons (Fsp3) is 0.0769. The Morgan fingerprint density at radius 1 is 1.29 bits per heavy atom. The minimum atomic E-state index is -0.649. The number of carbonyl (C=O) groups excluding carboxylic acids is 1. The first-order chi connectivity index (χ1) is 8.24. The molecule has 0 saturated heterocycles. The molecule has 0 saturated carbocycles. The zero-order valence-electron chi connectivity index (χ0n) is 9.18. The number of hydrogen-bond acceptors (Lipinski definition) is 3. The number of ketones is 1. The predicted octanol–water partition coefficient (Wildman–Crippen LogP) is 2.46. The van der Waals surface area contributed by atoms with E-state index in [9.17, 15) is 9.18 Å². The first-order valence-electron chi connectivity index (χ1n) is 5.01. The average molecular weight is 231 g/mol. The average Bonchev–Trinajstić information content (AvgIpc) is 2.39. The Morgan fingerprint density at radius 2 is 2.12 bits per heavy atom. The summed E-state index contributed by atoms with van der Waals surface area (Å²) in [7, 11) is 1.36. The van der Waals surface area contributed by atoms with E-state index in [0.29, 0.717) is 5.56 Å². The van der Waals surface area contributed by atoms with Crippen molar-refractivity contribution in [2.45, 2.75) is 0 Å². The number of pyridine rings is 1. The summed E-state index contributed by atoms with van der Waals surface area (Å²) in [5.74, 6) is -1.00. The Morgan fingerprint density at radius 3 is 2.76 bits per heavy atom. The predicted molar refractivity (Wildman–Crippen MR) is 60.6 cm³/mol. The number of aromatic nitrogens is 1. The highest BCUT2D eigenvalue weighted by molar-refractivity contribution is 6.09. The second-order valence-electron chi connectivity index (χ2n) is 3.39. The van der Waals surface area contributed by atoms with Gasteiger partial charge in [0.25, 0.3) is 0 Å². The monoisotopic (exact) mass is 231 g/mol. The lowest BCUT2D eigenvalue weighted by Gasteiger charge is -2.06. The van der Waals surface area contributed by atoms with Crippen molar-refractivity contribution in [3.05, 3.63) is 59.7 Å². The van der Waals surface area contributed by atoms with Gasteiger partial charge in [-0.3, -0.25) is 9.78 Å². The SMILES string of the molecule is COc1cccc(C(=O)c2cccnc2)c1F. The summed E-state index contributed by atoms with van der Waals surface area (Å²) in [6, 6.07) is 7.69. The van der Waals surface area contributed by atoms with E-state index in [2.05, 4.69) is 4.98 Å². The van der Waals surface area contributed by atoms with E-state index in [1.54, 1.807) is 24.4 Å². The molecule has 0 bridgehead atoms. The summed E-state index contributed by atoms with van der Waals surface area (Å²) < 4.78 is 18.7. The van der Waals surface area contributed by atoms with E-state index in [1.165, 1.54) is 25.4 Å². The second kappa shape index (κ2) is 4.74. The number of hydrogen-bond donors (Lipinski definition) is 0. The molecule has 0 N–H and O–H groups in total. The highest BCUT2D eigenvalue weighted by Crippen LogP contribution is 2.21. The molecule has 0 aliphatic heterocycles. The van der Waals surface area contributed by atoms with Gasteiger partial charge >= 0.3 is 0 Å². The Balaban J connectivity index is 2.45. The van der Waals surface area contributed by atoms with Crippen molar-refractivity contribution in [2.75, 3.05) is 7.11 Å². The van der Waals surface area contributed by atoms with E-state index in [1.807, 2.05) is 0 Å². The van der Waals surface area contributed by atoms with Gasteiger partial charge in [-0.25, -0.2) is 4.39 Å². The molecule has 2 rings (SSSR count). The van der Waals surface area contributed by atoms with Crippen molar-refractivity contribution in [2.24, 2.45) is 0 Å². The van der Waals surface area contributed by atoms with Crippen LogP contribution >= 0.6 is 0 Å². The third-order valence-corrected chi connectivity index (χ3v) is 2.35. The van der Waals surface area contributed by atoms with Crippen LogP contribution in [-0.2, 0) is 0 Å². The van der Waals surface area contributed by atoms with Crippen molar-refractivity contribution < 1.29 is 13.9 Å². The number of carbonyl (C=O) groups is 1. The Hall–Kier alpha value is -2.23. The van der Waals surface area contributed by atoms with Crippen molar-refractivity contribution in [1.29, 1.82) is 0 Å². The molecule has 2 aromatic rings. The van der Waals surface area contributed by atoms with E-state index in [-0.39, 0.29) is 11.3 Å². The smallest absolute Gasteiger partial charge is 0.197 e. The fourth-order valence-electron chi connectivity index (χ4n) is 1.50. The quantitative estimate of drug-likeness (QED) is 0.762. The van der Waals surface area contributed by atoms with Gasteiger partial charge in [0.15, 0.2) is 17.3 Å². The number of rotatable bonds is 3. The summed E-state index contributed by atoms with van der Waals surface area (Å²) in [6.45, 7) is 0. The number of methoxy groups -OCH3 is 1. The van der Waals surface area contributed by atoms with Crippen LogP contribution in [0, 0.1) is 5.82 Å². The molecule has 0 spiro atoms. The Kier molecular flexibility index (Phi) is 3.14. The topological polar surface area (TPSA) is 39.2 Å². The first kappa shape index (κ1) is 11.3. The van der Waals surface area contributed by atoms with Crippen molar-refractivity contribution in [3.63, 3.8) is 0 Å². The van der Waals surface area contributed by atoms with Gasteiger partial charge in [0.2, 0.25) is 0 Å². The summed E-state index contributed by atoms with van der Waals surface area (Å²) in [5, 5.41) is 0. The van der Waals surface area contributed by atoms with Gasteiger partial charge in [-0.15, -0.1) is 0 Å². The molecular weight excluding hydrogens is 221 g/mol. The molecule has 0 amide bonds. The van der Waals surface area contributed by atoms with Crippen molar-refractivity contribution in [3.8, 4) is 5.75 Å². The molecule has 4 heteroatoms. The fourth-order valence-corrected chi connectivity index (χ4v) is 1.50. The highest BCUT2D eigenvalue weighted by Gasteiger charge is 2.16. The van der Waals surface area contributed by atoms with E-state index in [4.69, 9.17) is 4.74 Å². The molecule has 1 aromatic carbocycles. The van der Waals surface area contributed by atoms with Crippen molar-refractivity contribution in [1.82, 2.24) is 4.98 Å². The minimum Gasteiger partial charge on any atom is -0.494 e. The van der Waals surface area contributed by atoms with Gasteiger partial charge in [0.05, 0.1) is 12.7 Å². The van der Waals surface area contributed by atoms with E-state index >= 15 is 0 Å². The van der Waals surface area contributed by atoms with Crippen molar-refractivity contribution >= 4 is 5.78 Å². The van der Waals surface area contributed by atoms with Gasteiger partial charge in [0, 0.05) is 18.0 Å². The van der Waals surface area contributed by atoms with Gasteiger partial charge < -0.3 is 4.74 Å². The molecular formula is C13H10FNO2. The third kappa shape index (κ3) is 2.15. The van der Waals surface area contributed by atoms with Gasteiger partial charge in [-0.2, -0.15) is 0 Å². The Labute approximate surface area is 97.9 Å². The van der Waals surface area contributed by atoms with Crippen LogP contribution in [0.1, 0.15) is 15.9 Å². The van der Waals surface area contributed by atoms with Gasteiger partial charge in [-0.1, -0.05) is 6.07 Å². The number of ether oxygens (including phenoxy) is 1. The van der Waals surface area contributed by atoms with Crippen LogP contribution in [0.25, 0.3) is 0 Å². The second-order valence-corrected chi connectivity index (χ2v) is 3.39. The zero-order valence-corrected chi connectivity index (χ0v) is 9.18. The van der Waals surface area contributed by atoms with Gasteiger partial charge in [0.1, 0.15) is 0 Å². The molecule has 86 valence electrons. The van der Waals surface area contributed by atoms with Crippen LogP contribution < -0.4 is 4.74 Å². The van der Waals surface area contributed by atoms with Crippen LogP contribution in [-0.4, -0.2) is 17.9 Å². The summed E-state index contributed by atoms with van der Waals surface area (Å²) >= 11 is 0. The molecule has 3 nitrogen and oxygen atoms in total. The Bertz CT molecular complexity index is 540. The number of halogens is 1. The first-order valence-corrected chi connectivity index (χ1v) is 5.01. The van der Waals surface area contributed by atoms with E-state index in [0.717, 1.165) is 0 Å². The largest absolute Gasteiger partial charge is 0.494 e. The third-order valence-electron chi connectivity index (χ3n) is 2.35. The maximum atomic E-state index is 13.8. The molecule has 0 aliphatic rings. The lowest BCUT2D eigenvalue weighted by molar-refractivity contribution is 0.103. The highest BCUT2D eigenvalue weighted by atomic mass is 19.1. The van der Waals surface area contributed by atoms with Gasteiger partial charge in [-0.05, 0) is 24.3 Å². The molecule has 0 radical (unpaired) electrons. The number of benzene rings is 1. The molecule has 0 unspecified atom stereocenters. The van der Waals surface area contributed by atoms with Crippen LogP contribution in [0.2, 0.25) is 0 Å². The number of nitrogens with zero attached hydrogens (tertiary/aromatic N) is 1. The van der Waals surface area contributed by atoms with Crippen LogP contribution in [0.15, 0.2) is 42.7 Å². The maximum Gasteiger partial charge on any atom is 0.197 e. The zero-order chi connectivity index (χ0) is 12.3. The standard InChI is InChI=1S/C13H10FNO2/c1-17-11-6-2-5-10(12(11)14)13(16)9-4-3-7-15-8-9/h2-8H,1H3. The van der Waals surface area contributed by atoms with E-state index < -0.39 is 11.6 Å². The van der Waals surface area contributed by atoms with Crippen LogP contribution in [0.3, 0.4) is 0 Å². The molecule has 1 heterocycles. The minimum absolute atomic E-state index is 0.0163. The normalized spacial score (nSPS) is 10.0. The molecule has 0 aliphatic carbocycles. The molecule has 1 aromatic heterocycles. The summed E-state index contributed by atoms with van der Waals surface area (Å²) in [4.78, 5) is 15.8. The summed E-state index contributed by atoms with van der Waals surface area (Å²) in [6.07, 6.45) is 2.96. The maximum absolute atomic E-state index is 13.8. The van der Waals surface area contributed by atoms with Crippen LogP contribution in [0.5, 0.6) is 5.75 Å². The van der Waals surface area contributed by atoms with Crippen LogP contribution in [0.4, 0.5) is 4.39 Å². The lowest BCUT2D eigenvalue weighted by atomic mass is 10.0.